The molecule has 0 amide bonds. The molecule has 1 aliphatic carbocycles. The van der Waals surface area contributed by atoms with Crippen molar-refractivity contribution in [2.75, 3.05) is 0 Å². The van der Waals surface area contributed by atoms with Crippen LogP contribution in [0.25, 0.3) is 0 Å². The Morgan fingerprint density at radius 3 is 2.83 bits per heavy atom. The third-order valence-corrected chi connectivity index (χ3v) is 3.29. The van der Waals surface area contributed by atoms with Crippen LogP contribution in [0, 0.1) is 6.92 Å². The fraction of sp³-hybridized carbons (Fsp3) is 0.667. The largest absolute Gasteiger partial charge is 0.282 e. The van der Waals surface area contributed by atoms with Gasteiger partial charge in [-0.05, 0) is 19.8 Å². The summed E-state index contributed by atoms with van der Waals surface area (Å²) < 4.78 is 0. The van der Waals surface area contributed by atoms with Gasteiger partial charge in [-0.25, -0.2) is 0 Å². The number of aromatic nitrogens is 2. The summed E-state index contributed by atoms with van der Waals surface area (Å²) in [5.41, 5.74) is 3.89. The molecule has 3 heteroatoms. The van der Waals surface area contributed by atoms with Crippen molar-refractivity contribution in [3.05, 3.63) is 17.0 Å². The first-order chi connectivity index (χ1) is 5.83. The zero-order valence-electron chi connectivity index (χ0n) is 7.23. The highest BCUT2D eigenvalue weighted by Gasteiger charge is 2.24. The van der Waals surface area contributed by atoms with Crippen molar-refractivity contribution in [1.29, 1.82) is 0 Å². The van der Waals surface area contributed by atoms with Crippen molar-refractivity contribution in [2.45, 2.75) is 37.4 Å². The molecule has 0 aliphatic heterocycles. The quantitative estimate of drug-likeness (QED) is 0.776. The van der Waals surface area contributed by atoms with Crippen LogP contribution in [0.2, 0.25) is 0 Å². The van der Waals surface area contributed by atoms with E-state index in [-0.39, 0.29) is 0 Å². The van der Waals surface area contributed by atoms with E-state index in [1.54, 1.807) is 0 Å². The van der Waals surface area contributed by atoms with Gasteiger partial charge in [0.2, 0.25) is 0 Å². The van der Waals surface area contributed by atoms with Crippen molar-refractivity contribution in [1.82, 2.24) is 10.2 Å². The number of aryl methyl sites for hydroxylation is 1. The van der Waals surface area contributed by atoms with E-state index in [0.29, 0.717) is 0 Å². The summed E-state index contributed by atoms with van der Waals surface area (Å²) in [6, 6.07) is 0. The maximum Gasteiger partial charge on any atom is 0.0696 e. The van der Waals surface area contributed by atoms with Gasteiger partial charge in [0.15, 0.2) is 0 Å². The summed E-state index contributed by atoms with van der Waals surface area (Å²) in [5.74, 6) is 0.738. The Bertz CT molecular complexity index is 276. The number of nitrogens with zero attached hydrogens (tertiary/aromatic N) is 1. The number of rotatable bonds is 2. The molecule has 1 fully saturated rings. The summed E-state index contributed by atoms with van der Waals surface area (Å²) in [7, 11) is 0. The van der Waals surface area contributed by atoms with Gasteiger partial charge in [-0.2, -0.15) is 5.10 Å². The SMILES string of the molecule is Cc1[nH]nc(C2CCC2)c1CBr. The van der Waals surface area contributed by atoms with E-state index < -0.39 is 0 Å². The molecule has 0 atom stereocenters. The van der Waals surface area contributed by atoms with Crippen molar-refractivity contribution >= 4 is 15.9 Å². The third kappa shape index (κ3) is 1.20. The number of hydrogen-bond acceptors (Lipinski definition) is 1. The predicted molar refractivity (Wildman–Crippen MR) is 52.5 cm³/mol. The first-order valence-electron chi connectivity index (χ1n) is 4.42. The molecule has 0 aromatic carbocycles. The van der Waals surface area contributed by atoms with E-state index in [0.717, 1.165) is 11.2 Å². The van der Waals surface area contributed by atoms with Crippen molar-refractivity contribution in [3.8, 4) is 0 Å². The molecule has 66 valence electrons. The molecule has 12 heavy (non-hydrogen) atoms. The van der Waals surface area contributed by atoms with Gasteiger partial charge in [-0.15, -0.1) is 0 Å². The van der Waals surface area contributed by atoms with Gasteiger partial charge in [-0.1, -0.05) is 22.4 Å². The lowest BCUT2D eigenvalue weighted by atomic mass is 9.81. The highest BCUT2D eigenvalue weighted by Crippen LogP contribution is 2.37. The normalized spacial score (nSPS) is 17.8. The van der Waals surface area contributed by atoms with Gasteiger partial charge in [0, 0.05) is 22.5 Å². The molecule has 1 aliphatic rings. The van der Waals surface area contributed by atoms with E-state index in [4.69, 9.17) is 0 Å². The summed E-state index contributed by atoms with van der Waals surface area (Å²) >= 11 is 3.50. The van der Waals surface area contributed by atoms with E-state index >= 15 is 0 Å². The van der Waals surface area contributed by atoms with E-state index in [1.807, 2.05) is 0 Å². The fourth-order valence-corrected chi connectivity index (χ4v) is 2.37. The molecule has 0 radical (unpaired) electrons. The Kier molecular flexibility index (Phi) is 2.22. The third-order valence-electron chi connectivity index (χ3n) is 2.73. The first kappa shape index (κ1) is 8.30. The smallest absolute Gasteiger partial charge is 0.0696 e. The van der Waals surface area contributed by atoms with Crippen LogP contribution >= 0.6 is 15.9 Å². The number of alkyl halides is 1. The Balaban J connectivity index is 2.29. The van der Waals surface area contributed by atoms with Crippen molar-refractivity contribution in [2.24, 2.45) is 0 Å². The molecule has 1 N–H and O–H groups in total. The Morgan fingerprint density at radius 1 is 1.58 bits per heavy atom. The Labute approximate surface area is 80.9 Å². The van der Waals surface area contributed by atoms with Gasteiger partial charge in [0.25, 0.3) is 0 Å². The van der Waals surface area contributed by atoms with Crippen LogP contribution in [0.3, 0.4) is 0 Å². The topological polar surface area (TPSA) is 28.7 Å². The average molecular weight is 229 g/mol. The maximum atomic E-state index is 4.35. The van der Waals surface area contributed by atoms with E-state index in [9.17, 15) is 0 Å². The second-order valence-electron chi connectivity index (χ2n) is 3.47. The summed E-state index contributed by atoms with van der Waals surface area (Å²) in [4.78, 5) is 0. The molecule has 2 nitrogen and oxygen atoms in total. The Hall–Kier alpha value is -0.310. The zero-order chi connectivity index (χ0) is 8.55. The van der Waals surface area contributed by atoms with Crippen LogP contribution in [-0.2, 0) is 5.33 Å². The molecule has 1 aromatic rings. The van der Waals surface area contributed by atoms with Crippen molar-refractivity contribution < 1.29 is 0 Å². The molecular weight excluding hydrogens is 216 g/mol. The van der Waals surface area contributed by atoms with Crippen LogP contribution < -0.4 is 0 Å². The van der Waals surface area contributed by atoms with Crippen molar-refractivity contribution in [3.63, 3.8) is 0 Å². The molecule has 2 rings (SSSR count). The van der Waals surface area contributed by atoms with Crippen LogP contribution in [0.1, 0.15) is 42.1 Å². The standard InChI is InChI=1S/C9H13BrN2/c1-6-8(5-10)9(12-11-6)7-3-2-4-7/h7H,2-5H2,1H3,(H,11,12). The van der Waals surface area contributed by atoms with Gasteiger partial charge < -0.3 is 0 Å². The predicted octanol–water partition coefficient (Wildman–Crippen LogP) is 2.88. The second-order valence-corrected chi connectivity index (χ2v) is 4.03. The highest BCUT2D eigenvalue weighted by atomic mass is 79.9. The summed E-state index contributed by atoms with van der Waals surface area (Å²) in [6.07, 6.45) is 4.02. The van der Waals surface area contributed by atoms with Gasteiger partial charge in [0.05, 0.1) is 5.69 Å². The zero-order valence-corrected chi connectivity index (χ0v) is 8.82. The number of H-pyrrole nitrogens is 1. The molecule has 0 saturated heterocycles. The number of nitrogens with one attached hydrogen (secondary N) is 1. The lowest BCUT2D eigenvalue weighted by molar-refractivity contribution is 0.409. The number of halogens is 1. The average Bonchev–Trinajstić information content (AvgIpc) is 2.29. The van der Waals surface area contributed by atoms with Crippen LogP contribution in [0.15, 0.2) is 0 Å². The molecule has 0 unspecified atom stereocenters. The lowest BCUT2D eigenvalue weighted by Crippen LogP contribution is -2.10. The molecule has 1 saturated carbocycles. The number of hydrogen-bond donors (Lipinski definition) is 1. The van der Waals surface area contributed by atoms with Crippen LogP contribution in [0.4, 0.5) is 0 Å². The van der Waals surface area contributed by atoms with E-state index in [1.165, 1.54) is 36.2 Å². The van der Waals surface area contributed by atoms with E-state index in [2.05, 4.69) is 33.1 Å². The second kappa shape index (κ2) is 3.21. The number of aromatic amines is 1. The minimum Gasteiger partial charge on any atom is -0.282 e. The molecule has 1 heterocycles. The molecule has 0 spiro atoms. The van der Waals surface area contributed by atoms with Gasteiger partial charge in [-0.3, -0.25) is 5.10 Å². The molecular formula is C9H13BrN2. The summed E-state index contributed by atoms with van der Waals surface area (Å²) in [6.45, 7) is 2.09. The minimum atomic E-state index is 0.738. The Morgan fingerprint density at radius 2 is 2.33 bits per heavy atom. The highest BCUT2D eigenvalue weighted by molar-refractivity contribution is 9.08. The first-order valence-corrected chi connectivity index (χ1v) is 5.54. The van der Waals surface area contributed by atoms with Crippen LogP contribution in [-0.4, -0.2) is 10.2 Å². The fourth-order valence-electron chi connectivity index (χ4n) is 1.66. The molecule has 1 aromatic heterocycles. The molecule has 0 bridgehead atoms. The lowest BCUT2D eigenvalue weighted by Gasteiger charge is -2.24. The minimum absolute atomic E-state index is 0.738. The summed E-state index contributed by atoms with van der Waals surface area (Å²) in [5, 5.41) is 8.34. The maximum absolute atomic E-state index is 4.35. The van der Waals surface area contributed by atoms with Gasteiger partial charge >= 0.3 is 0 Å². The monoisotopic (exact) mass is 228 g/mol. The van der Waals surface area contributed by atoms with Gasteiger partial charge in [0.1, 0.15) is 0 Å². The van der Waals surface area contributed by atoms with Crippen LogP contribution in [0.5, 0.6) is 0 Å².